The predicted octanol–water partition coefficient (Wildman–Crippen LogP) is 6.38. The van der Waals surface area contributed by atoms with Crippen molar-refractivity contribution < 1.29 is 40.7 Å². The van der Waals surface area contributed by atoms with E-state index in [1.165, 1.54) is 12.1 Å². The monoisotopic (exact) mass is 663 g/mol. The molecule has 2 aliphatic rings. The van der Waals surface area contributed by atoms with Gasteiger partial charge in [-0.25, -0.2) is 4.90 Å². The number of fused-ring (bicyclic) bond motifs is 2. The number of aromatic nitrogens is 1. The van der Waals surface area contributed by atoms with Crippen molar-refractivity contribution in [3.63, 3.8) is 0 Å². The Labute approximate surface area is 258 Å². The van der Waals surface area contributed by atoms with Crippen molar-refractivity contribution in [1.82, 2.24) is 4.57 Å². The summed E-state index contributed by atoms with van der Waals surface area (Å²) >= 11 is 1.61. The van der Waals surface area contributed by atoms with Gasteiger partial charge >= 0.3 is 17.2 Å². The van der Waals surface area contributed by atoms with Gasteiger partial charge in [0.15, 0.2) is 0 Å². The molecular weight excluding hydrogens is 644 g/mol. The Hall–Kier alpha value is -4.37. The molecule has 6 rings (SSSR count). The van der Waals surface area contributed by atoms with E-state index in [1.54, 1.807) is 30.3 Å². The molecule has 232 valence electrons. The molecule has 3 amide bonds. The molecule has 1 aromatic heterocycles. The Morgan fingerprint density at radius 1 is 0.800 bits per heavy atom. The van der Waals surface area contributed by atoms with Gasteiger partial charge in [-0.05, 0) is 42.0 Å². The van der Waals surface area contributed by atoms with Crippen LogP contribution in [0, 0.1) is 5.92 Å². The highest BCUT2D eigenvalue weighted by molar-refractivity contribution is 8.00. The van der Waals surface area contributed by atoms with Crippen LogP contribution in [0.25, 0.3) is 0 Å². The molecule has 1 N–H and O–H groups in total. The third kappa shape index (κ3) is 5.65. The number of halogens is 6. The van der Waals surface area contributed by atoms with E-state index in [2.05, 4.69) is 5.32 Å². The quantitative estimate of drug-likeness (QED) is 0.198. The molecule has 1 saturated heterocycles. The average molecular weight is 664 g/mol. The number of carbonyl (C=O) groups is 3. The fraction of sp³-hybridized carbons (Fsp3) is 0.200. The summed E-state index contributed by atoms with van der Waals surface area (Å²) in [5.74, 6) is -4.23. The largest absolute Gasteiger partial charge is 0.416 e. The highest BCUT2D eigenvalue weighted by Crippen LogP contribution is 2.54. The van der Waals surface area contributed by atoms with Crippen LogP contribution in [0.2, 0.25) is 0 Å². The van der Waals surface area contributed by atoms with E-state index in [0.717, 1.165) is 69.0 Å². The number of alkyl halides is 6. The van der Waals surface area contributed by atoms with Crippen LogP contribution in [0.3, 0.4) is 0 Å². The van der Waals surface area contributed by atoms with Crippen molar-refractivity contribution in [2.75, 3.05) is 10.2 Å². The van der Waals surface area contributed by atoms with Crippen LogP contribution in [0.15, 0.2) is 88.7 Å². The molecule has 1 fully saturated rings. The first-order chi connectivity index (χ1) is 21.2. The highest BCUT2D eigenvalue weighted by Gasteiger charge is 2.57. The van der Waals surface area contributed by atoms with E-state index in [4.69, 9.17) is 0 Å². The van der Waals surface area contributed by atoms with E-state index < -0.39 is 69.7 Å². The third-order valence-corrected chi connectivity index (χ3v) is 10.0. The molecule has 0 aliphatic carbocycles. The van der Waals surface area contributed by atoms with Gasteiger partial charge in [-0.2, -0.15) is 26.3 Å². The Balaban J connectivity index is 1.37. The predicted molar refractivity (Wildman–Crippen MR) is 154 cm³/mol. The van der Waals surface area contributed by atoms with Crippen LogP contribution < -0.4 is 15.1 Å². The maximum atomic E-state index is 13.9. The van der Waals surface area contributed by atoms with Gasteiger partial charge in [0.25, 0.3) is 0 Å². The standard InChI is InChI=1S/C30H19F6N3O4S2/c31-29(32,33)16-8-4-10-18(12-16)37-20(40)14-38-27-24(45-28(38)43)21(15-6-2-1-3-7-15)22-23(44-27)26(42)39(25(22)41)19-11-5-9-17(13-19)30(34,35)36/h1-13,21-23H,14H2,(H,37,40)/t21-,22+,23-/m0/s1. The SMILES string of the molecule is O=C(Cn1c2c(sc1=O)[C@@H](c1ccccc1)[C@H]1C(=O)N(c3cccc(C(F)(F)F)c3)C(=O)[C@H]1S2)Nc1cccc(C(F)(F)F)c1. The third-order valence-electron chi connectivity index (χ3n) is 7.42. The van der Waals surface area contributed by atoms with Gasteiger partial charge in [-0.1, -0.05) is 65.6 Å². The number of anilines is 2. The topological polar surface area (TPSA) is 88.5 Å². The molecule has 7 nitrogen and oxygen atoms in total. The minimum absolute atomic E-state index is 0.143. The van der Waals surface area contributed by atoms with Crippen LogP contribution in [0.4, 0.5) is 37.7 Å². The first-order valence-corrected chi connectivity index (χ1v) is 14.9. The van der Waals surface area contributed by atoms with Crippen molar-refractivity contribution in [2.45, 2.75) is 35.1 Å². The number of thiazole rings is 1. The van der Waals surface area contributed by atoms with Crippen LogP contribution >= 0.6 is 23.1 Å². The van der Waals surface area contributed by atoms with Gasteiger partial charge in [0.05, 0.1) is 27.8 Å². The van der Waals surface area contributed by atoms with Gasteiger partial charge in [0.2, 0.25) is 17.7 Å². The lowest BCUT2D eigenvalue weighted by atomic mass is 9.83. The molecule has 0 radical (unpaired) electrons. The lowest BCUT2D eigenvalue weighted by Gasteiger charge is -2.30. The lowest BCUT2D eigenvalue weighted by Crippen LogP contribution is -2.33. The Bertz CT molecular complexity index is 1890. The van der Waals surface area contributed by atoms with Crippen molar-refractivity contribution in [3.05, 3.63) is 110 Å². The van der Waals surface area contributed by atoms with Gasteiger partial charge < -0.3 is 5.32 Å². The molecule has 0 unspecified atom stereocenters. The number of thioether (sulfide) groups is 1. The molecule has 3 heterocycles. The van der Waals surface area contributed by atoms with Gasteiger partial charge in [0.1, 0.15) is 11.8 Å². The number of imide groups is 1. The summed E-state index contributed by atoms with van der Waals surface area (Å²) in [6.45, 7) is -0.605. The summed E-state index contributed by atoms with van der Waals surface area (Å²) in [4.78, 5) is 54.3. The maximum absolute atomic E-state index is 13.9. The number of hydrogen-bond acceptors (Lipinski definition) is 6. The molecule has 3 atom stereocenters. The number of hydrogen-bond donors (Lipinski definition) is 1. The van der Waals surface area contributed by atoms with E-state index in [-0.39, 0.29) is 16.4 Å². The maximum Gasteiger partial charge on any atom is 0.416 e. The second-order valence-electron chi connectivity index (χ2n) is 10.3. The van der Waals surface area contributed by atoms with E-state index >= 15 is 0 Å². The molecule has 0 saturated carbocycles. The normalized spacial score (nSPS) is 19.8. The molecule has 3 aromatic carbocycles. The zero-order valence-corrected chi connectivity index (χ0v) is 24.2. The number of amides is 3. The molecule has 15 heteroatoms. The minimum atomic E-state index is -4.72. The number of nitrogens with one attached hydrogen (secondary N) is 1. The number of carbonyl (C=O) groups excluding carboxylic acids is 3. The zero-order valence-electron chi connectivity index (χ0n) is 22.6. The Morgan fingerprint density at radius 2 is 1.44 bits per heavy atom. The second-order valence-corrected chi connectivity index (χ2v) is 12.4. The summed E-state index contributed by atoms with van der Waals surface area (Å²) in [7, 11) is 0. The molecule has 4 aromatic rings. The van der Waals surface area contributed by atoms with E-state index in [0.29, 0.717) is 10.4 Å². The van der Waals surface area contributed by atoms with E-state index in [1.807, 2.05) is 0 Å². The number of benzene rings is 3. The van der Waals surface area contributed by atoms with Gasteiger partial charge in [-0.3, -0.25) is 23.7 Å². The van der Waals surface area contributed by atoms with Crippen molar-refractivity contribution in [1.29, 1.82) is 0 Å². The smallest absolute Gasteiger partial charge is 0.325 e. The zero-order chi connectivity index (χ0) is 32.3. The minimum Gasteiger partial charge on any atom is -0.325 e. The molecule has 0 spiro atoms. The molecule has 45 heavy (non-hydrogen) atoms. The van der Waals surface area contributed by atoms with Crippen molar-refractivity contribution in [2.24, 2.45) is 5.92 Å². The van der Waals surface area contributed by atoms with Crippen molar-refractivity contribution >= 4 is 52.2 Å². The Kier molecular flexibility index (Phi) is 7.64. The molecule has 2 aliphatic heterocycles. The first-order valence-electron chi connectivity index (χ1n) is 13.2. The molecular formula is C30H19F6N3O4S2. The first kappa shape index (κ1) is 30.6. The summed E-state index contributed by atoms with van der Waals surface area (Å²) in [5, 5.41) is 1.43. The molecule has 0 bridgehead atoms. The van der Waals surface area contributed by atoms with Crippen LogP contribution in [0.1, 0.15) is 27.5 Å². The van der Waals surface area contributed by atoms with E-state index in [9.17, 15) is 45.5 Å². The highest BCUT2D eigenvalue weighted by atomic mass is 32.2. The van der Waals surface area contributed by atoms with Crippen molar-refractivity contribution in [3.8, 4) is 0 Å². The average Bonchev–Trinajstić information content (AvgIpc) is 3.43. The van der Waals surface area contributed by atoms with Gasteiger partial charge in [0, 0.05) is 16.5 Å². The van der Waals surface area contributed by atoms with Crippen LogP contribution in [-0.2, 0) is 33.3 Å². The van der Waals surface area contributed by atoms with Gasteiger partial charge in [-0.15, -0.1) is 0 Å². The van der Waals surface area contributed by atoms with Crippen LogP contribution in [0.5, 0.6) is 0 Å². The summed E-state index contributed by atoms with van der Waals surface area (Å²) in [6.07, 6.45) is -9.36. The fourth-order valence-electron chi connectivity index (χ4n) is 5.47. The summed E-state index contributed by atoms with van der Waals surface area (Å²) in [6, 6.07) is 16.3. The Morgan fingerprint density at radius 3 is 2.11 bits per heavy atom. The van der Waals surface area contributed by atoms with Crippen LogP contribution in [-0.4, -0.2) is 27.5 Å². The summed E-state index contributed by atoms with van der Waals surface area (Å²) in [5.41, 5.74) is -1.84. The number of rotatable bonds is 5. The summed E-state index contributed by atoms with van der Waals surface area (Å²) < 4.78 is 80.9. The fourth-order valence-corrected chi connectivity index (χ4v) is 8.24. The second kappa shape index (κ2) is 11.2. The lowest BCUT2D eigenvalue weighted by molar-refractivity contribution is -0.138. The number of nitrogens with zero attached hydrogens (tertiary/aromatic N) is 2.